The van der Waals surface area contributed by atoms with Gasteiger partial charge in [-0.05, 0) is 43.5 Å². The second-order valence-electron chi connectivity index (χ2n) is 7.70. The van der Waals surface area contributed by atoms with Crippen LogP contribution in [0.15, 0.2) is 53.1 Å². The van der Waals surface area contributed by atoms with Crippen molar-refractivity contribution >= 4 is 23.6 Å². The fraction of sp³-hybridized carbons (Fsp3) is 0.435. The monoisotopic (exact) mass is 427 g/mol. The van der Waals surface area contributed by atoms with E-state index in [9.17, 15) is 14.4 Å². The Bertz CT molecular complexity index is 863. The average Bonchev–Trinajstić information content (AvgIpc) is 3.33. The summed E-state index contributed by atoms with van der Waals surface area (Å²) in [6.07, 6.45) is 5.36. The van der Waals surface area contributed by atoms with E-state index in [-0.39, 0.29) is 24.4 Å². The van der Waals surface area contributed by atoms with E-state index in [4.69, 9.17) is 9.52 Å². The lowest BCUT2D eigenvalue weighted by atomic mass is 9.94. The fourth-order valence-corrected chi connectivity index (χ4v) is 3.99. The van der Waals surface area contributed by atoms with E-state index in [1.54, 1.807) is 48.2 Å². The van der Waals surface area contributed by atoms with Crippen molar-refractivity contribution in [3.8, 4) is 0 Å². The number of carboxylic acid groups (broad SMARTS) is 1. The maximum atomic E-state index is 13.4. The van der Waals surface area contributed by atoms with Gasteiger partial charge in [-0.3, -0.25) is 14.5 Å². The van der Waals surface area contributed by atoms with Crippen molar-refractivity contribution in [2.45, 2.75) is 57.5 Å². The van der Waals surface area contributed by atoms with E-state index < -0.39 is 18.0 Å². The summed E-state index contributed by atoms with van der Waals surface area (Å²) in [5, 5.41) is 11.4. The molecule has 0 radical (unpaired) electrons. The first-order chi connectivity index (χ1) is 15.0. The van der Waals surface area contributed by atoms with Crippen LogP contribution in [0.4, 0.5) is 10.5 Å². The summed E-state index contributed by atoms with van der Waals surface area (Å²) in [6, 6.07) is 11.4. The second kappa shape index (κ2) is 10.7. The highest BCUT2D eigenvalue weighted by molar-refractivity contribution is 5.99. The molecule has 0 aliphatic heterocycles. The molecule has 1 fully saturated rings. The highest BCUT2D eigenvalue weighted by Crippen LogP contribution is 2.26. The van der Waals surface area contributed by atoms with Crippen molar-refractivity contribution in [1.82, 2.24) is 10.2 Å². The zero-order valence-electron chi connectivity index (χ0n) is 17.7. The predicted molar refractivity (Wildman–Crippen MR) is 116 cm³/mol. The molecular weight excluding hydrogens is 398 g/mol. The summed E-state index contributed by atoms with van der Waals surface area (Å²) in [7, 11) is 0. The molecule has 1 aromatic heterocycles. The van der Waals surface area contributed by atoms with Gasteiger partial charge in [0.1, 0.15) is 12.7 Å². The molecule has 1 heterocycles. The van der Waals surface area contributed by atoms with Crippen LogP contribution in [0.1, 0.15) is 56.0 Å². The van der Waals surface area contributed by atoms with Gasteiger partial charge in [-0.2, -0.15) is 0 Å². The minimum Gasteiger partial charge on any atom is -0.465 e. The quantitative estimate of drug-likeness (QED) is 0.618. The maximum absolute atomic E-state index is 13.4. The summed E-state index contributed by atoms with van der Waals surface area (Å²) in [5.74, 6) is -0.448. The number of furan rings is 1. The Morgan fingerprint density at radius 3 is 2.39 bits per heavy atom. The Morgan fingerprint density at radius 1 is 1.10 bits per heavy atom. The highest BCUT2D eigenvalue weighted by Gasteiger charge is 2.33. The van der Waals surface area contributed by atoms with E-state index in [2.05, 4.69) is 5.32 Å². The average molecular weight is 428 g/mol. The number of carbonyl (C=O) groups excluding carboxylic acids is 2. The van der Waals surface area contributed by atoms with Gasteiger partial charge >= 0.3 is 6.09 Å². The van der Waals surface area contributed by atoms with Crippen molar-refractivity contribution in [2.24, 2.45) is 0 Å². The molecule has 3 rings (SSSR count). The minimum atomic E-state index is -1.26. The largest absolute Gasteiger partial charge is 0.465 e. The minimum absolute atomic E-state index is 0.0159. The molecule has 1 atom stereocenters. The van der Waals surface area contributed by atoms with E-state index in [0.29, 0.717) is 12.1 Å². The Hall–Kier alpha value is -3.29. The summed E-state index contributed by atoms with van der Waals surface area (Å²) in [5.41, 5.74) is 0.603. The van der Waals surface area contributed by atoms with Crippen molar-refractivity contribution in [1.29, 1.82) is 0 Å². The first-order valence-electron chi connectivity index (χ1n) is 10.7. The van der Waals surface area contributed by atoms with Crippen molar-refractivity contribution in [2.75, 3.05) is 11.6 Å². The van der Waals surface area contributed by atoms with Gasteiger partial charge < -0.3 is 19.7 Å². The van der Waals surface area contributed by atoms with Crippen LogP contribution in [0, 0.1) is 0 Å². The zero-order valence-corrected chi connectivity index (χ0v) is 17.7. The first-order valence-corrected chi connectivity index (χ1v) is 10.7. The number of para-hydroxylation sites is 1. The summed E-state index contributed by atoms with van der Waals surface area (Å²) >= 11 is 0. The molecule has 1 aliphatic rings. The number of nitrogens with zero attached hydrogens (tertiary/aromatic N) is 2. The Morgan fingerprint density at radius 2 is 1.81 bits per heavy atom. The first kappa shape index (κ1) is 22.4. The Labute approximate surface area is 181 Å². The van der Waals surface area contributed by atoms with Crippen molar-refractivity contribution in [3.63, 3.8) is 0 Å². The lowest BCUT2D eigenvalue weighted by Crippen LogP contribution is -2.54. The molecule has 1 unspecified atom stereocenters. The maximum Gasteiger partial charge on any atom is 0.405 e. The Balaban J connectivity index is 1.94. The van der Waals surface area contributed by atoms with Gasteiger partial charge in [0, 0.05) is 11.7 Å². The lowest BCUT2D eigenvalue weighted by molar-refractivity contribution is -0.121. The van der Waals surface area contributed by atoms with Crippen molar-refractivity contribution < 1.29 is 23.9 Å². The molecule has 2 aromatic rings. The molecular formula is C23H29N3O5. The third-order valence-corrected chi connectivity index (χ3v) is 5.64. The lowest BCUT2D eigenvalue weighted by Gasteiger charge is -2.38. The molecule has 0 spiro atoms. The number of hydrogen-bond donors (Lipinski definition) is 2. The molecule has 8 heteroatoms. The zero-order chi connectivity index (χ0) is 22.2. The van der Waals surface area contributed by atoms with Crippen LogP contribution < -0.4 is 10.2 Å². The molecule has 1 aromatic carbocycles. The molecule has 2 N–H and O–H groups in total. The molecule has 166 valence electrons. The molecule has 1 saturated carbocycles. The van der Waals surface area contributed by atoms with Gasteiger partial charge in [0.05, 0.1) is 6.26 Å². The van der Waals surface area contributed by atoms with Crippen LogP contribution in [-0.4, -0.2) is 46.7 Å². The number of amides is 3. The van der Waals surface area contributed by atoms with Gasteiger partial charge in [-0.15, -0.1) is 0 Å². The summed E-state index contributed by atoms with van der Waals surface area (Å²) < 4.78 is 5.35. The highest BCUT2D eigenvalue weighted by atomic mass is 16.4. The summed E-state index contributed by atoms with van der Waals surface area (Å²) in [4.78, 5) is 41.1. The third-order valence-electron chi connectivity index (χ3n) is 5.64. The number of rotatable bonds is 8. The van der Waals surface area contributed by atoms with Gasteiger partial charge in [0.25, 0.3) is 11.8 Å². The number of carbonyl (C=O) groups is 3. The third kappa shape index (κ3) is 5.65. The normalized spacial score (nSPS) is 15.1. The van der Waals surface area contributed by atoms with Crippen LogP contribution in [-0.2, 0) is 4.79 Å². The fourth-order valence-electron chi connectivity index (χ4n) is 3.99. The van der Waals surface area contributed by atoms with Crippen LogP contribution in [0.3, 0.4) is 0 Å². The van der Waals surface area contributed by atoms with Gasteiger partial charge in [-0.1, -0.05) is 44.4 Å². The molecule has 3 amide bonds. The smallest absolute Gasteiger partial charge is 0.405 e. The standard InChI is InChI=1S/C23H29N3O5/c1-2-19(24-23(29)30)21(27)25(17-10-5-3-6-11-17)16-26(18-12-7-4-8-13-18)22(28)20-14-9-15-31-20/h3,5-6,9-11,14-15,18-19,24H,2,4,7-8,12-13,16H2,1H3,(H,29,30). The van der Waals surface area contributed by atoms with E-state index in [0.717, 1.165) is 32.1 Å². The molecule has 1 aliphatic carbocycles. The number of anilines is 1. The van der Waals surface area contributed by atoms with Gasteiger partial charge in [0.15, 0.2) is 5.76 Å². The molecule has 0 saturated heterocycles. The van der Waals surface area contributed by atoms with Crippen LogP contribution in [0.5, 0.6) is 0 Å². The number of nitrogens with one attached hydrogen (secondary N) is 1. The molecule has 8 nitrogen and oxygen atoms in total. The number of benzene rings is 1. The SMILES string of the molecule is CCC(NC(=O)O)C(=O)N(CN(C(=O)c1ccco1)C1CCCCC1)c1ccccc1. The van der Waals surface area contributed by atoms with Crippen LogP contribution in [0.2, 0.25) is 0 Å². The van der Waals surface area contributed by atoms with E-state index in [1.165, 1.54) is 11.2 Å². The van der Waals surface area contributed by atoms with E-state index in [1.807, 2.05) is 6.07 Å². The predicted octanol–water partition coefficient (Wildman–Crippen LogP) is 4.09. The number of hydrogen-bond acceptors (Lipinski definition) is 4. The van der Waals surface area contributed by atoms with Crippen molar-refractivity contribution in [3.05, 3.63) is 54.5 Å². The second-order valence-corrected chi connectivity index (χ2v) is 7.70. The molecule has 31 heavy (non-hydrogen) atoms. The van der Waals surface area contributed by atoms with E-state index >= 15 is 0 Å². The Kier molecular flexibility index (Phi) is 7.70. The molecule has 0 bridgehead atoms. The van der Waals surface area contributed by atoms with Crippen LogP contribution in [0.25, 0.3) is 0 Å². The van der Waals surface area contributed by atoms with Gasteiger partial charge in [0.2, 0.25) is 0 Å². The van der Waals surface area contributed by atoms with Gasteiger partial charge in [-0.25, -0.2) is 4.79 Å². The van der Waals surface area contributed by atoms with Crippen LogP contribution >= 0.6 is 0 Å². The topological polar surface area (TPSA) is 103 Å². The summed E-state index contributed by atoms with van der Waals surface area (Å²) in [6.45, 7) is 1.76.